The number of allylic oxidation sites excluding steroid dienone is 1. The van der Waals surface area contributed by atoms with E-state index >= 15 is 0 Å². The van der Waals surface area contributed by atoms with E-state index in [0.717, 1.165) is 5.01 Å². The van der Waals surface area contributed by atoms with Crippen LogP contribution in [0.4, 0.5) is 4.79 Å². The Kier molecular flexibility index (Phi) is 5.77. The van der Waals surface area contributed by atoms with Crippen molar-refractivity contribution in [3.8, 4) is 0 Å². The van der Waals surface area contributed by atoms with Gasteiger partial charge in [0.05, 0.1) is 11.0 Å². The molecule has 0 bridgehead atoms. The third-order valence-electron chi connectivity index (χ3n) is 3.72. The average molecular weight is 363 g/mol. The van der Waals surface area contributed by atoms with Gasteiger partial charge in [0.2, 0.25) is 0 Å². The molecule has 6 nitrogen and oxygen atoms in total. The van der Waals surface area contributed by atoms with Crippen LogP contribution in [0.3, 0.4) is 0 Å². The number of carbonyl (C=O) groups excluding carboxylic acids is 2. The van der Waals surface area contributed by atoms with Crippen LogP contribution in [0.1, 0.15) is 39.6 Å². The number of hydrogen-bond donors (Lipinski definition) is 1. The lowest BCUT2D eigenvalue weighted by molar-refractivity contribution is -0.125. The zero-order chi connectivity index (χ0) is 18.7. The Morgan fingerprint density at radius 1 is 1.36 bits per heavy atom. The minimum Gasteiger partial charge on any atom is -0.444 e. The van der Waals surface area contributed by atoms with Crippen LogP contribution in [0.25, 0.3) is 0 Å². The van der Waals surface area contributed by atoms with Crippen LogP contribution < -0.4 is 5.32 Å². The quantitative estimate of drug-likeness (QED) is 0.842. The minimum atomic E-state index is -1.03. The number of aromatic nitrogens is 1. The second-order valence-corrected chi connectivity index (χ2v) is 8.38. The molecule has 1 unspecified atom stereocenters. The summed E-state index contributed by atoms with van der Waals surface area (Å²) in [5, 5.41) is 5.42. The molecule has 25 heavy (non-hydrogen) atoms. The zero-order valence-electron chi connectivity index (χ0n) is 15.3. The molecular formula is C18H25N3O3S. The van der Waals surface area contributed by atoms with Crippen molar-refractivity contribution in [1.29, 1.82) is 0 Å². The molecule has 0 saturated heterocycles. The summed E-state index contributed by atoms with van der Waals surface area (Å²) in [5.41, 5.74) is -1.65. The number of nitrogens with one attached hydrogen (secondary N) is 1. The number of nitrogens with zero attached hydrogens (tertiary/aromatic N) is 2. The van der Waals surface area contributed by atoms with Crippen molar-refractivity contribution in [2.75, 3.05) is 0 Å². The van der Waals surface area contributed by atoms with Gasteiger partial charge in [-0.1, -0.05) is 13.8 Å². The maximum Gasteiger partial charge on any atom is 0.408 e. The van der Waals surface area contributed by atoms with E-state index in [1.807, 2.05) is 19.2 Å². The van der Waals surface area contributed by atoms with E-state index < -0.39 is 23.3 Å². The van der Waals surface area contributed by atoms with Gasteiger partial charge in [-0.05, 0) is 38.8 Å². The molecule has 7 heteroatoms. The zero-order valence-corrected chi connectivity index (χ0v) is 16.1. The second kappa shape index (κ2) is 7.47. The molecule has 2 heterocycles. The van der Waals surface area contributed by atoms with Crippen molar-refractivity contribution in [2.45, 2.75) is 58.2 Å². The molecule has 136 valence electrons. The van der Waals surface area contributed by atoms with Crippen molar-refractivity contribution in [1.82, 2.24) is 10.3 Å². The van der Waals surface area contributed by atoms with Crippen LogP contribution in [0.2, 0.25) is 0 Å². The Balaban J connectivity index is 2.21. The average Bonchev–Trinajstić information content (AvgIpc) is 3.15. The highest BCUT2D eigenvalue weighted by Gasteiger charge is 2.43. The molecular weight excluding hydrogens is 338 g/mol. The van der Waals surface area contributed by atoms with Gasteiger partial charge in [-0.2, -0.15) is 0 Å². The summed E-state index contributed by atoms with van der Waals surface area (Å²) in [7, 11) is 0. The number of aliphatic imine (C=N–C) groups is 1. The molecule has 1 aromatic heterocycles. The number of rotatable bonds is 6. The molecule has 2 rings (SSSR count). The molecule has 1 aliphatic rings. The third-order valence-corrected chi connectivity index (χ3v) is 4.49. The molecule has 0 spiro atoms. The summed E-state index contributed by atoms with van der Waals surface area (Å²) in [4.78, 5) is 34.1. The first-order valence-electron chi connectivity index (χ1n) is 8.28. The summed E-state index contributed by atoms with van der Waals surface area (Å²) < 4.78 is 5.30. The number of ketones is 1. The maximum absolute atomic E-state index is 13.3. The smallest absolute Gasteiger partial charge is 0.408 e. The third kappa shape index (κ3) is 4.98. The van der Waals surface area contributed by atoms with Crippen LogP contribution in [0.15, 0.2) is 28.7 Å². The van der Waals surface area contributed by atoms with Gasteiger partial charge in [0.25, 0.3) is 0 Å². The molecule has 1 N–H and O–H groups in total. The Hall–Kier alpha value is -2.02. The molecule has 0 fully saturated rings. The highest BCUT2D eigenvalue weighted by atomic mass is 32.1. The summed E-state index contributed by atoms with van der Waals surface area (Å²) in [6, 6.07) is -0.699. The molecule has 1 amide bonds. The molecule has 0 aliphatic carbocycles. The van der Waals surface area contributed by atoms with Gasteiger partial charge in [-0.3, -0.25) is 9.79 Å². The number of carbonyl (C=O) groups is 2. The standard InChI is InChI=1S/C18H25N3O3S/c1-12(2)14(21-16(23)24-17(3,4)5)15(22)18(7-6-8-20-18)11-13-19-9-10-25-13/h6-10,12,14H,11H2,1-5H3,(H,21,23)/t14-,18?/m0/s1. The maximum atomic E-state index is 13.3. The molecule has 0 radical (unpaired) electrons. The van der Waals surface area contributed by atoms with E-state index in [4.69, 9.17) is 4.74 Å². The molecule has 0 aromatic carbocycles. The van der Waals surface area contributed by atoms with Gasteiger partial charge in [-0.25, -0.2) is 9.78 Å². The number of hydrogen-bond acceptors (Lipinski definition) is 6. The Labute approximate surface area is 152 Å². The fourth-order valence-corrected chi connectivity index (χ4v) is 3.27. The first-order chi connectivity index (χ1) is 11.6. The molecule has 1 aliphatic heterocycles. The van der Waals surface area contributed by atoms with E-state index in [-0.39, 0.29) is 11.7 Å². The summed E-state index contributed by atoms with van der Waals surface area (Å²) in [6.45, 7) is 9.13. The van der Waals surface area contributed by atoms with Crippen molar-refractivity contribution >= 4 is 29.4 Å². The van der Waals surface area contributed by atoms with Gasteiger partial charge < -0.3 is 10.1 Å². The Bertz CT molecular complexity index is 660. The Morgan fingerprint density at radius 3 is 2.56 bits per heavy atom. The van der Waals surface area contributed by atoms with Gasteiger partial charge in [-0.15, -0.1) is 11.3 Å². The van der Waals surface area contributed by atoms with Crippen LogP contribution in [-0.2, 0) is 16.0 Å². The van der Waals surface area contributed by atoms with E-state index in [2.05, 4.69) is 15.3 Å². The fourth-order valence-electron chi connectivity index (χ4n) is 2.57. The summed E-state index contributed by atoms with van der Waals surface area (Å²) >= 11 is 1.48. The Morgan fingerprint density at radius 2 is 2.08 bits per heavy atom. The molecule has 0 saturated carbocycles. The first-order valence-corrected chi connectivity index (χ1v) is 9.16. The summed E-state index contributed by atoms with van der Waals surface area (Å²) in [6.07, 6.45) is 6.65. The van der Waals surface area contributed by atoms with E-state index in [1.54, 1.807) is 45.3 Å². The lowest BCUT2D eigenvalue weighted by Crippen LogP contribution is -2.54. The van der Waals surface area contributed by atoms with Gasteiger partial charge in [0.15, 0.2) is 5.78 Å². The predicted molar refractivity (Wildman–Crippen MR) is 99.2 cm³/mol. The fraction of sp³-hybridized carbons (Fsp3) is 0.556. The second-order valence-electron chi connectivity index (χ2n) is 7.40. The monoisotopic (exact) mass is 363 g/mol. The van der Waals surface area contributed by atoms with Crippen LogP contribution in [0, 0.1) is 5.92 Å². The lowest BCUT2D eigenvalue weighted by atomic mass is 9.83. The number of ether oxygens (including phenoxy) is 1. The highest BCUT2D eigenvalue weighted by Crippen LogP contribution is 2.28. The number of alkyl carbamates (subject to hydrolysis) is 1. The largest absolute Gasteiger partial charge is 0.444 e. The number of amides is 1. The van der Waals surface area contributed by atoms with Crippen LogP contribution in [-0.4, -0.2) is 40.3 Å². The van der Waals surface area contributed by atoms with Crippen LogP contribution in [0.5, 0.6) is 0 Å². The summed E-state index contributed by atoms with van der Waals surface area (Å²) in [5.74, 6) is -0.258. The molecule has 2 atom stereocenters. The van der Waals surface area contributed by atoms with Crippen molar-refractivity contribution in [3.05, 3.63) is 28.7 Å². The van der Waals surface area contributed by atoms with E-state index in [0.29, 0.717) is 6.42 Å². The number of Topliss-reactive ketones (excluding diaryl/α,β-unsaturated/α-hetero) is 1. The minimum absolute atomic E-state index is 0.0996. The van der Waals surface area contributed by atoms with Crippen molar-refractivity contribution in [3.63, 3.8) is 0 Å². The van der Waals surface area contributed by atoms with Gasteiger partial charge >= 0.3 is 6.09 Å². The first kappa shape index (κ1) is 19.3. The van der Waals surface area contributed by atoms with E-state index in [9.17, 15) is 9.59 Å². The SMILES string of the molecule is CC(C)[C@H](NC(=O)OC(C)(C)C)C(=O)C1(Cc2nccs2)C=CC=N1. The van der Waals surface area contributed by atoms with Crippen molar-refractivity contribution < 1.29 is 14.3 Å². The lowest BCUT2D eigenvalue weighted by Gasteiger charge is -2.30. The number of thiazole rings is 1. The predicted octanol–water partition coefficient (Wildman–Crippen LogP) is 3.18. The van der Waals surface area contributed by atoms with E-state index in [1.165, 1.54) is 11.3 Å². The highest BCUT2D eigenvalue weighted by molar-refractivity contribution is 7.09. The normalized spacial score (nSPS) is 20.7. The van der Waals surface area contributed by atoms with Gasteiger partial charge in [0, 0.05) is 24.2 Å². The van der Waals surface area contributed by atoms with Crippen molar-refractivity contribution in [2.24, 2.45) is 10.9 Å². The van der Waals surface area contributed by atoms with Gasteiger partial charge in [0.1, 0.15) is 11.1 Å². The topological polar surface area (TPSA) is 80.6 Å². The van der Waals surface area contributed by atoms with Crippen LogP contribution >= 0.6 is 11.3 Å². The molecule has 1 aromatic rings.